The van der Waals surface area contributed by atoms with E-state index in [4.69, 9.17) is 16.1 Å². The van der Waals surface area contributed by atoms with Gasteiger partial charge in [-0.3, -0.25) is 4.79 Å². The van der Waals surface area contributed by atoms with Crippen molar-refractivity contribution in [2.75, 3.05) is 23.3 Å². The number of benzene rings is 2. The molecule has 0 radical (unpaired) electrons. The summed E-state index contributed by atoms with van der Waals surface area (Å²) in [5, 5.41) is 6.88. The average Bonchev–Trinajstić information content (AvgIpc) is 3.28. The molecule has 1 aromatic heterocycles. The molecule has 0 spiro atoms. The van der Waals surface area contributed by atoms with Gasteiger partial charge in [0.25, 0.3) is 5.91 Å². The second kappa shape index (κ2) is 7.87. The van der Waals surface area contributed by atoms with E-state index >= 15 is 0 Å². The number of nitrogens with one attached hydrogen (secondary N) is 1. The number of anilines is 2. The van der Waals surface area contributed by atoms with Crippen LogP contribution < -0.4 is 10.2 Å². The highest BCUT2D eigenvalue weighted by Gasteiger charge is 2.25. The average molecular weight is 414 g/mol. The van der Waals surface area contributed by atoms with Crippen LogP contribution in [0.15, 0.2) is 47.0 Å². The van der Waals surface area contributed by atoms with Gasteiger partial charge < -0.3 is 14.7 Å². The first-order chi connectivity index (χ1) is 13.9. The Morgan fingerprint density at radius 1 is 1.28 bits per heavy atom. The zero-order chi connectivity index (χ0) is 20.5. The summed E-state index contributed by atoms with van der Waals surface area (Å²) >= 11 is 6.14. The molecule has 1 atom stereocenters. The molecular formula is C22H21ClFN3O2. The van der Waals surface area contributed by atoms with E-state index in [0.717, 1.165) is 18.8 Å². The predicted molar refractivity (Wildman–Crippen MR) is 112 cm³/mol. The van der Waals surface area contributed by atoms with Crippen molar-refractivity contribution in [3.05, 3.63) is 64.6 Å². The number of carbonyl (C=O) groups is 1. The van der Waals surface area contributed by atoms with Crippen LogP contribution in [0.3, 0.4) is 0 Å². The zero-order valence-corrected chi connectivity index (χ0v) is 17.0. The molecule has 2 heterocycles. The van der Waals surface area contributed by atoms with E-state index in [2.05, 4.69) is 22.3 Å². The number of hydrogen-bond acceptors (Lipinski definition) is 4. The topological polar surface area (TPSA) is 58.4 Å². The summed E-state index contributed by atoms with van der Waals surface area (Å²) in [4.78, 5) is 15.2. The van der Waals surface area contributed by atoms with Crippen molar-refractivity contribution < 1.29 is 13.7 Å². The summed E-state index contributed by atoms with van der Waals surface area (Å²) < 4.78 is 19.5. The van der Waals surface area contributed by atoms with E-state index in [1.165, 1.54) is 18.6 Å². The van der Waals surface area contributed by atoms with Crippen LogP contribution in [0.4, 0.5) is 15.8 Å². The zero-order valence-electron chi connectivity index (χ0n) is 16.2. The Kier molecular flexibility index (Phi) is 5.28. The SMILES string of the molecule is Cc1onc(-c2c(F)cccc2Cl)c1C(=O)Nc1ccc(N2CCC(C)C2)cc1. The van der Waals surface area contributed by atoms with Crippen LogP contribution >= 0.6 is 11.6 Å². The van der Waals surface area contributed by atoms with Gasteiger partial charge in [0.05, 0.1) is 10.6 Å². The van der Waals surface area contributed by atoms with E-state index < -0.39 is 11.7 Å². The smallest absolute Gasteiger partial charge is 0.261 e. The lowest BCUT2D eigenvalue weighted by molar-refractivity contribution is 0.102. The lowest BCUT2D eigenvalue weighted by Crippen LogP contribution is -2.19. The third-order valence-corrected chi connectivity index (χ3v) is 5.52. The molecule has 7 heteroatoms. The van der Waals surface area contributed by atoms with E-state index in [1.807, 2.05) is 24.3 Å². The maximum Gasteiger partial charge on any atom is 0.261 e. The number of halogens is 2. The standard InChI is InChI=1S/C22H21ClFN3O2/c1-13-10-11-27(12-13)16-8-6-15(7-9-16)25-22(28)19-14(2)29-26-21(19)20-17(23)4-3-5-18(20)24/h3-9,13H,10-12H2,1-2H3,(H,25,28). The van der Waals surface area contributed by atoms with Crippen LogP contribution in [0.2, 0.25) is 5.02 Å². The molecule has 0 aliphatic carbocycles. The fourth-order valence-corrected chi connectivity index (χ4v) is 3.91. The summed E-state index contributed by atoms with van der Waals surface area (Å²) in [7, 11) is 0. The normalized spacial score (nSPS) is 16.3. The molecule has 1 N–H and O–H groups in total. The highest BCUT2D eigenvalue weighted by molar-refractivity contribution is 6.33. The van der Waals surface area contributed by atoms with Gasteiger partial charge in [0.15, 0.2) is 0 Å². The first kappa shape index (κ1) is 19.5. The maximum absolute atomic E-state index is 14.3. The van der Waals surface area contributed by atoms with Crippen LogP contribution in [0.25, 0.3) is 11.3 Å². The largest absolute Gasteiger partial charge is 0.371 e. The second-order valence-corrected chi connectivity index (χ2v) is 7.81. The van der Waals surface area contributed by atoms with E-state index in [-0.39, 0.29) is 21.8 Å². The van der Waals surface area contributed by atoms with Crippen molar-refractivity contribution >= 4 is 28.9 Å². The summed E-state index contributed by atoms with van der Waals surface area (Å²) in [5.41, 5.74) is 2.07. The molecule has 29 heavy (non-hydrogen) atoms. The van der Waals surface area contributed by atoms with Crippen LogP contribution in [0.1, 0.15) is 29.5 Å². The fraction of sp³-hybridized carbons (Fsp3) is 0.273. The summed E-state index contributed by atoms with van der Waals surface area (Å²) in [6.45, 7) is 5.94. The molecule has 1 unspecified atom stereocenters. The van der Waals surface area contributed by atoms with Gasteiger partial charge >= 0.3 is 0 Å². The van der Waals surface area contributed by atoms with Crippen molar-refractivity contribution in [3.63, 3.8) is 0 Å². The first-order valence-electron chi connectivity index (χ1n) is 9.51. The van der Waals surface area contributed by atoms with Gasteiger partial charge in [0, 0.05) is 24.5 Å². The van der Waals surface area contributed by atoms with Gasteiger partial charge in [0.1, 0.15) is 22.8 Å². The Bertz CT molecular complexity index is 1030. The van der Waals surface area contributed by atoms with Crippen molar-refractivity contribution in [3.8, 4) is 11.3 Å². The molecule has 150 valence electrons. The molecule has 1 saturated heterocycles. The Labute approximate surface area is 173 Å². The van der Waals surface area contributed by atoms with E-state index in [0.29, 0.717) is 17.4 Å². The number of rotatable bonds is 4. The molecule has 3 aromatic rings. The van der Waals surface area contributed by atoms with Crippen molar-refractivity contribution in [2.24, 2.45) is 5.92 Å². The molecule has 2 aromatic carbocycles. The molecular weight excluding hydrogens is 393 g/mol. The third kappa shape index (κ3) is 3.85. The van der Waals surface area contributed by atoms with Crippen LogP contribution in [0, 0.1) is 18.7 Å². The van der Waals surface area contributed by atoms with Crippen molar-refractivity contribution in [2.45, 2.75) is 20.3 Å². The minimum atomic E-state index is -0.566. The molecule has 0 bridgehead atoms. The predicted octanol–water partition coefficient (Wildman–Crippen LogP) is 5.54. The van der Waals surface area contributed by atoms with Crippen LogP contribution in [-0.2, 0) is 0 Å². The number of carbonyl (C=O) groups excluding carboxylic acids is 1. The molecule has 4 rings (SSSR count). The number of aromatic nitrogens is 1. The Morgan fingerprint density at radius 3 is 2.69 bits per heavy atom. The molecule has 0 saturated carbocycles. The quantitative estimate of drug-likeness (QED) is 0.610. The summed E-state index contributed by atoms with van der Waals surface area (Å²) in [6.07, 6.45) is 1.19. The third-order valence-electron chi connectivity index (χ3n) is 5.20. The van der Waals surface area contributed by atoms with Crippen LogP contribution in [-0.4, -0.2) is 24.2 Å². The fourth-order valence-electron chi connectivity index (χ4n) is 3.65. The minimum Gasteiger partial charge on any atom is -0.371 e. The van der Waals surface area contributed by atoms with Gasteiger partial charge in [-0.2, -0.15) is 0 Å². The van der Waals surface area contributed by atoms with Gasteiger partial charge in [-0.25, -0.2) is 4.39 Å². The lowest BCUT2D eigenvalue weighted by atomic mass is 10.0. The number of amides is 1. The monoisotopic (exact) mass is 413 g/mol. The van der Waals surface area contributed by atoms with Crippen molar-refractivity contribution in [1.82, 2.24) is 5.16 Å². The number of aryl methyl sites for hydroxylation is 1. The highest BCUT2D eigenvalue weighted by atomic mass is 35.5. The lowest BCUT2D eigenvalue weighted by Gasteiger charge is -2.18. The van der Waals surface area contributed by atoms with Gasteiger partial charge in [0.2, 0.25) is 0 Å². The molecule has 1 fully saturated rings. The van der Waals surface area contributed by atoms with E-state index in [1.54, 1.807) is 13.0 Å². The van der Waals surface area contributed by atoms with Gasteiger partial charge in [-0.05, 0) is 55.7 Å². The van der Waals surface area contributed by atoms with Crippen LogP contribution in [0.5, 0.6) is 0 Å². The molecule has 5 nitrogen and oxygen atoms in total. The maximum atomic E-state index is 14.3. The number of hydrogen-bond donors (Lipinski definition) is 1. The second-order valence-electron chi connectivity index (χ2n) is 7.40. The summed E-state index contributed by atoms with van der Waals surface area (Å²) in [6, 6.07) is 12.0. The molecule has 1 amide bonds. The Hall–Kier alpha value is -2.86. The first-order valence-corrected chi connectivity index (χ1v) is 9.89. The Morgan fingerprint density at radius 2 is 2.03 bits per heavy atom. The number of nitrogens with zero attached hydrogens (tertiary/aromatic N) is 2. The highest BCUT2D eigenvalue weighted by Crippen LogP contribution is 2.34. The Balaban J connectivity index is 1.57. The van der Waals surface area contributed by atoms with Gasteiger partial charge in [-0.15, -0.1) is 0 Å². The molecule has 1 aliphatic rings. The minimum absolute atomic E-state index is 0.0506. The van der Waals surface area contributed by atoms with Crippen molar-refractivity contribution in [1.29, 1.82) is 0 Å². The molecule has 1 aliphatic heterocycles. The van der Waals surface area contributed by atoms with Gasteiger partial charge in [-0.1, -0.05) is 29.7 Å². The summed E-state index contributed by atoms with van der Waals surface area (Å²) in [5.74, 6) is -0.0151. The van der Waals surface area contributed by atoms with E-state index in [9.17, 15) is 9.18 Å².